The van der Waals surface area contributed by atoms with Gasteiger partial charge in [0.15, 0.2) is 0 Å². The minimum atomic E-state index is -0.0324. The van der Waals surface area contributed by atoms with E-state index in [2.05, 4.69) is 22.1 Å². The first-order chi connectivity index (χ1) is 11.1. The Balaban J connectivity index is 1.78. The summed E-state index contributed by atoms with van der Waals surface area (Å²) in [7, 11) is 2.02. The summed E-state index contributed by atoms with van der Waals surface area (Å²) in [5.41, 5.74) is 1.72. The highest BCUT2D eigenvalue weighted by molar-refractivity contribution is 6.33. The fourth-order valence-corrected chi connectivity index (χ4v) is 2.43. The molecule has 1 aromatic heterocycles. The second kappa shape index (κ2) is 8.65. The fourth-order valence-electron chi connectivity index (χ4n) is 2.25. The minimum absolute atomic E-state index is 0.0324. The van der Waals surface area contributed by atoms with Crippen LogP contribution in [0.5, 0.6) is 0 Å². The SMILES string of the molecule is C[C@@H](Cc1ccccn1)N(C)CCC(=O)Nc1ccccc1Cl. The van der Waals surface area contributed by atoms with Crippen molar-refractivity contribution in [2.45, 2.75) is 25.8 Å². The number of amides is 1. The molecule has 2 rings (SSSR count). The highest BCUT2D eigenvalue weighted by atomic mass is 35.5. The Morgan fingerprint density at radius 1 is 1.26 bits per heavy atom. The molecule has 0 spiro atoms. The van der Waals surface area contributed by atoms with Gasteiger partial charge in [-0.05, 0) is 38.2 Å². The summed E-state index contributed by atoms with van der Waals surface area (Å²) in [6, 6.07) is 13.5. The highest BCUT2D eigenvalue weighted by Crippen LogP contribution is 2.20. The Bertz CT molecular complexity index is 633. The molecule has 1 amide bonds. The molecule has 1 atom stereocenters. The third-order valence-corrected chi connectivity index (χ3v) is 4.15. The van der Waals surface area contributed by atoms with Gasteiger partial charge in [0.1, 0.15) is 0 Å². The lowest BCUT2D eigenvalue weighted by molar-refractivity contribution is -0.116. The number of likely N-dealkylation sites (N-methyl/N-ethyl adjacent to an activating group) is 1. The third kappa shape index (κ3) is 5.66. The first kappa shape index (κ1) is 17.4. The molecule has 0 fully saturated rings. The molecule has 1 N–H and O–H groups in total. The van der Waals surface area contributed by atoms with E-state index in [-0.39, 0.29) is 5.91 Å². The molecular weight excluding hydrogens is 310 g/mol. The number of anilines is 1. The molecule has 2 aromatic rings. The first-order valence-electron chi connectivity index (χ1n) is 7.71. The van der Waals surface area contributed by atoms with Gasteiger partial charge in [-0.3, -0.25) is 9.78 Å². The van der Waals surface area contributed by atoms with Crippen molar-refractivity contribution in [3.8, 4) is 0 Å². The molecule has 0 saturated heterocycles. The molecule has 4 nitrogen and oxygen atoms in total. The zero-order valence-electron chi connectivity index (χ0n) is 13.5. The summed E-state index contributed by atoms with van der Waals surface area (Å²) in [6.45, 7) is 2.82. The van der Waals surface area contributed by atoms with E-state index >= 15 is 0 Å². The zero-order chi connectivity index (χ0) is 16.7. The predicted octanol–water partition coefficient (Wildman–Crippen LogP) is 3.63. The number of hydrogen-bond acceptors (Lipinski definition) is 3. The lowest BCUT2D eigenvalue weighted by atomic mass is 10.1. The molecule has 0 aliphatic rings. The molecular formula is C18H22ClN3O. The van der Waals surface area contributed by atoms with Gasteiger partial charge in [-0.1, -0.05) is 29.8 Å². The van der Waals surface area contributed by atoms with Crippen LogP contribution in [0.1, 0.15) is 19.0 Å². The highest BCUT2D eigenvalue weighted by Gasteiger charge is 2.13. The van der Waals surface area contributed by atoms with Crippen molar-refractivity contribution in [2.24, 2.45) is 0 Å². The van der Waals surface area contributed by atoms with Gasteiger partial charge < -0.3 is 10.2 Å². The molecule has 0 aliphatic carbocycles. The van der Waals surface area contributed by atoms with Crippen LogP contribution in [0.25, 0.3) is 0 Å². The normalized spacial score (nSPS) is 12.2. The van der Waals surface area contributed by atoms with E-state index in [0.717, 1.165) is 12.1 Å². The van der Waals surface area contributed by atoms with Crippen molar-refractivity contribution in [3.05, 3.63) is 59.4 Å². The number of benzene rings is 1. The summed E-state index contributed by atoms with van der Waals surface area (Å²) < 4.78 is 0. The molecule has 0 unspecified atom stereocenters. The molecule has 0 bridgehead atoms. The summed E-state index contributed by atoms with van der Waals surface area (Å²) in [6.07, 6.45) is 3.09. The largest absolute Gasteiger partial charge is 0.325 e. The van der Waals surface area contributed by atoms with Crippen LogP contribution in [0.4, 0.5) is 5.69 Å². The van der Waals surface area contributed by atoms with Gasteiger partial charge in [-0.15, -0.1) is 0 Å². The number of aromatic nitrogens is 1. The number of pyridine rings is 1. The Morgan fingerprint density at radius 2 is 2.00 bits per heavy atom. The molecule has 0 aliphatic heterocycles. The topological polar surface area (TPSA) is 45.2 Å². The van der Waals surface area contributed by atoms with Gasteiger partial charge in [0.25, 0.3) is 0 Å². The van der Waals surface area contributed by atoms with E-state index in [1.165, 1.54) is 0 Å². The van der Waals surface area contributed by atoms with Gasteiger partial charge in [0, 0.05) is 37.3 Å². The van der Waals surface area contributed by atoms with Gasteiger partial charge in [0.2, 0.25) is 5.91 Å². The van der Waals surface area contributed by atoms with Crippen LogP contribution >= 0.6 is 11.6 Å². The molecule has 1 aromatic carbocycles. The average molecular weight is 332 g/mol. The first-order valence-corrected chi connectivity index (χ1v) is 8.08. The van der Waals surface area contributed by atoms with Gasteiger partial charge in [0.05, 0.1) is 10.7 Å². The molecule has 1 heterocycles. The fraction of sp³-hybridized carbons (Fsp3) is 0.333. The number of carbonyl (C=O) groups excluding carboxylic acids is 1. The summed E-state index contributed by atoms with van der Waals surface area (Å²) in [5, 5.41) is 3.40. The van der Waals surface area contributed by atoms with Crippen LogP contribution < -0.4 is 5.32 Å². The minimum Gasteiger partial charge on any atom is -0.325 e. The van der Waals surface area contributed by atoms with Crippen molar-refractivity contribution in [1.29, 1.82) is 0 Å². The molecule has 122 valence electrons. The Labute approximate surface area is 142 Å². The average Bonchev–Trinajstić information content (AvgIpc) is 2.55. The van der Waals surface area contributed by atoms with Crippen LogP contribution in [0.15, 0.2) is 48.7 Å². The standard InChI is InChI=1S/C18H22ClN3O/c1-14(13-15-7-5-6-11-20-15)22(2)12-10-18(23)21-17-9-4-3-8-16(17)19/h3-9,11,14H,10,12-13H2,1-2H3,(H,21,23)/t14-/m0/s1. The van der Waals surface area contributed by atoms with Crippen LogP contribution in [-0.4, -0.2) is 35.4 Å². The quantitative estimate of drug-likeness (QED) is 0.842. The Kier molecular flexibility index (Phi) is 6.56. The van der Waals surface area contributed by atoms with E-state index < -0.39 is 0 Å². The maximum atomic E-state index is 12.0. The molecule has 0 saturated carbocycles. The van der Waals surface area contributed by atoms with E-state index in [0.29, 0.717) is 29.7 Å². The van der Waals surface area contributed by atoms with Crippen LogP contribution in [0.2, 0.25) is 5.02 Å². The van der Waals surface area contributed by atoms with E-state index in [1.54, 1.807) is 18.3 Å². The van der Waals surface area contributed by atoms with E-state index in [4.69, 9.17) is 11.6 Å². The number of hydrogen-bond donors (Lipinski definition) is 1. The van der Waals surface area contributed by atoms with Gasteiger partial charge in [-0.2, -0.15) is 0 Å². The molecule has 5 heteroatoms. The number of nitrogens with one attached hydrogen (secondary N) is 1. The van der Waals surface area contributed by atoms with Crippen molar-refractivity contribution in [3.63, 3.8) is 0 Å². The maximum absolute atomic E-state index is 12.0. The number of nitrogens with zero attached hydrogens (tertiary/aromatic N) is 2. The number of carbonyl (C=O) groups is 1. The van der Waals surface area contributed by atoms with Gasteiger partial charge in [-0.25, -0.2) is 0 Å². The lowest BCUT2D eigenvalue weighted by Gasteiger charge is -2.24. The smallest absolute Gasteiger partial charge is 0.225 e. The van der Waals surface area contributed by atoms with Crippen molar-refractivity contribution >= 4 is 23.2 Å². The van der Waals surface area contributed by atoms with Crippen LogP contribution in [0, 0.1) is 0 Å². The molecule has 0 radical (unpaired) electrons. The predicted molar refractivity (Wildman–Crippen MR) is 94.7 cm³/mol. The van der Waals surface area contributed by atoms with Crippen molar-refractivity contribution < 1.29 is 4.79 Å². The van der Waals surface area contributed by atoms with Crippen molar-refractivity contribution in [1.82, 2.24) is 9.88 Å². The maximum Gasteiger partial charge on any atom is 0.225 e. The third-order valence-electron chi connectivity index (χ3n) is 3.82. The van der Waals surface area contributed by atoms with E-state index in [1.807, 2.05) is 37.4 Å². The number of rotatable bonds is 7. The van der Waals surface area contributed by atoms with Crippen LogP contribution in [-0.2, 0) is 11.2 Å². The number of para-hydroxylation sites is 1. The van der Waals surface area contributed by atoms with Crippen molar-refractivity contribution in [2.75, 3.05) is 18.9 Å². The lowest BCUT2D eigenvalue weighted by Crippen LogP contribution is -2.33. The van der Waals surface area contributed by atoms with E-state index in [9.17, 15) is 4.79 Å². The molecule has 23 heavy (non-hydrogen) atoms. The number of halogens is 1. The second-order valence-electron chi connectivity index (χ2n) is 5.63. The zero-order valence-corrected chi connectivity index (χ0v) is 14.3. The summed E-state index contributed by atoms with van der Waals surface area (Å²) >= 11 is 6.04. The Morgan fingerprint density at radius 3 is 2.70 bits per heavy atom. The monoisotopic (exact) mass is 331 g/mol. The summed E-state index contributed by atoms with van der Waals surface area (Å²) in [5.74, 6) is -0.0324. The second-order valence-corrected chi connectivity index (χ2v) is 6.04. The summed E-state index contributed by atoms with van der Waals surface area (Å²) in [4.78, 5) is 18.6. The van der Waals surface area contributed by atoms with Crippen LogP contribution in [0.3, 0.4) is 0 Å². The van der Waals surface area contributed by atoms with Gasteiger partial charge >= 0.3 is 0 Å². The Hall–Kier alpha value is -1.91.